The Hall–Kier alpha value is -1.05. The topological polar surface area (TPSA) is 26.3 Å². The fourth-order valence-corrected chi connectivity index (χ4v) is 4.10. The van der Waals surface area contributed by atoms with Crippen LogP contribution in [0.5, 0.6) is 0 Å². The van der Waals surface area contributed by atoms with Crippen LogP contribution in [0, 0.1) is 11.8 Å². The van der Waals surface area contributed by atoms with Crippen molar-refractivity contribution in [3.8, 4) is 0 Å². The second-order valence-corrected chi connectivity index (χ2v) is 7.61. The first-order chi connectivity index (χ1) is 12.3. The third kappa shape index (κ3) is 11.2. The van der Waals surface area contributed by atoms with Crippen molar-refractivity contribution < 1.29 is 9.53 Å². The highest BCUT2D eigenvalue weighted by Crippen LogP contribution is 2.38. The van der Waals surface area contributed by atoms with E-state index in [1.54, 1.807) is 12.2 Å². The highest BCUT2D eigenvalue weighted by Gasteiger charge is 2.25. The Morgan fingerprint density at radius 3 is 2.32 bits per heavy atom. The molecule has 0 aromatic carbocycles. The van der Waals surface area contributed by atoms with Crippen LogP contribution < -0.4 is 0 Å². The largest absolute Gasteiger partial charge is 0.458 e. The molecule has 0 heterocycles. The zero-order valence-electron chi connectivity index (χ0n) is 16.5. The normalized spacial score (nSPS) is 20.2. The maximum atomic E-state index is 11.3. The van der Waals surface area contributed by atoms with E-state index < -0.39 is 0 Å². The summed E-state index contributed by atoms with van der Waals surface area (Å²) in [5, 5.41) is 0. The van der Waals surface area contributed by atoms with E-state index in [4.69, 9.17) is 4.74 Å². The van der Waals surface area contributed by atoms with E-state index in [1.807, 2.05) is 6.08 Å². The Balaban J connectivity index is 2.04. The Bertz CT molecular complexity index is 372. The molecule has 0 saturated heterocycles. The fourth-order valence-electron chi connectivity index (χ4n) is 4.10. The summed E-state index contributed by atoms with van der Waals surface area (Å²) >= 11 is 0. The van der Waals surface area contributed by atoms with Crippen molar-refractivity contribution >= 4 is 5.97 Å². The maximum Gasteiger partial charge on any atom is 0.330 e. The second-order valence-electron chi connectivity index (χ2n) is 7.61. The van der Waals surface area contributed by atoms with E-state index in [2.05, 4.69) is 13.5 Å². The monoisotopic (exact) mass is 348 g/mol. The third-order valence-corrected chi connectivity index (χ3v) is 5.54. The smallest absolute Gasteiger partial charge is 0.330 e. The fraction of sp³-hybridized carbons (Fsp3) is 0.783. The van der Waals surface area contributed by atoms with Crippen molar-refractivity contribution in [3.63, 3.8) is 0 Å². The lowest BCUT2D eigenvalue weighted by atomic mass is 9.87. The Morgan fingerprint density at radius 2 is 1.64 bits per heavy atom. The maximum absolute atomic E-state index is 11.3. The first-order valence-electron chi connectivity index (χ1n) is 10.7. The van der Waals surface area contributed by atoms with E-state index in [0.717, 1.165) is 18.3 Å². The van der Waals surface area contributed by atoms with Gasteiger partial charge in [0.1, 0.15) is 6.61 Å². The lowest BCUT2D eigenvalue weighted by Crippen LogP contribution is -2.08. The molecule has 0 radical (unpaired) electrons. The van der Waals surface area contributed by atoms with E-state index in [-0.39, 0.29) is 5.97 Å². The van der Waals surface area contributed by atoms with Gasteiger partial charge in [-0.1, -0.05) is 103 Å². The molecule has 0 aromatic heterocycles. The number of carbonyl (C=O) groups excluding carboxylic acids is 1. The second kappa shape index (κ2) is 15.2. The average Bonchev–Trinajstić information content (AvgIpc) is 3.06. The minimum Gasteiger partial charge on any atom is -0.458 e. The van der Waals surface area contributed by atoms with Crippen LogP contribution in [0.25, 0.3) is 0 Å². The molecule has 2 heteroatoms. The minimum atomic E-state index is -0.255. The van der Waals surface area contributed by atoms with Crippen LogP contribution >= 0.6 is 0 Å². The third-order valence-electron chi connectivity index (χ3n) is 5.54. The number of esters is 1. The zero-order valence-corrected chi connectivity index (χ0v) is 16.5. The number of ether oxygens (including phenoxy) is 1. The van der Waals surface area contributed by atoms with Crippen molar-refractivity contribution in [1.82, 2.24) is 0 Å². The van der Waals surface area contributed by atoms with Gasteiger partial charge in [-0.3, -0.25) is 0 Å². The first-order valence-corrected chi connectivity index (χ1v) is 10.7. The van der Waals surface area contributed by atoms with Crippen LogP contribution in [0.1, 0.15) is 96.8 Å². The number of rotatable bonds is 15. The number of carbonyl (C=O) groups is 1. The molecule has 1 rings (SSSR count). The van der Waals surface area contributed by atoms with Gasteiger partial charge in [0.15, 0.2) is 0 Å². The van der Waals surface area contributed by atoms with Gasteiger partial charge >= 0.3 is 5.97 Å². The van der Waals surface area contributed by atoms with Crippen molar-refractivity contribution in [2.75, 3.05) is 6.61 Å². The Labute approximate surface area is 156 Å². The van der Waals surface area contributed by atoms with E-state index in [1.165, 1.54) is 83.5 Å². The zero-order chi connectivity index (χ0) is 18.2. The molecular weight excluding hydrogens is 308 g/mol. The predicted octanol–water partition coefficient (Wildman–Crippen LogP) is 7.00. The molecule has 0 N–H and O–H groups in total. The Morgan fingerprint density at radius 1 is 1.00 bits per heavy atom. The molecule has 2 nitrogen and oxygen atoms in total. The average molecular weight is 349 g/mol. The van der Waals surface area contributed by atoms with Crippen molar-refractivity contribution in [3.05, 3.63) is 24.8 Å². The molecule has 1 saturated carbocycles. The van der Waals surface area contributed by atoms with Crippen LogP contribution in [0.2, 0.25) is 0 Å². The van der Waals surface area contributed by atoms with Gasteiger partial charge in [0.2, 0.25) is 0 Å². The number of unbranched alkanes of at least 4 members (excludes halogenated alkanes) is 7. The summed E-state index contributed by atoms with van der Waals surface area (Å²) in [6.07, 6.45) is 24.3. The standard InChI is InChI=1S/C23H40O2/c1-3-5-6-7-8-11-15-21-17-14-18-22(21)16-12-9-10-13-19-23(24)25-20-4-2/h4,13,19,21-22H,2-3,5-12,14-18,20H2,1H3/t21-,22-/m0/s1. The summed E-state index contributed by atoms with van der Waals surface area (Å²) < 4.78 is 4.92. The lowest BCUT2D eigenvalue weighted by molar-refractivity contribution is -0.136. The molecule has 25 heavy (non-hydrogen) atoms. The SMILES string of the molecule is C=CCOC(=O)C=CCCCC[C@H]1CCC[C@@H]1CCCCCCCC. The number of hydrogen-bond donors (Lipinski definition) is 0. The van der Waals surface area contributed by atoms with Crippen molar-refractivity contribution in [2.45, 2.75) is 96.8 Å². The summed E-state index contributed by atoms with van der Waals surface area (Å²) in [6.45, 7) is 6.11. The van der Waals surface area contributed by atoms with Crippen LogP contribution in [0.4, 0.5) is 0 Å². The van der Waals surface area contributed by atoms with Gasteiger partial charge < -0.3 is 4.74 Å². The summed E-state index contributed by atoms with van der Waals surface area (Å²) in [5.41, 5.74) is 0. The quantitative estimate of drug-likeness (QED) is 0.138. The van der Waals surface area contributed by atoms with Crippen LogP contribution in [-0.4, -0.2) is 12.6 Å². The first kappa shape index (κ1) is 22.0. The Kier molecular flexibility index (Phi) is 13.4. The highest BCUT2D eigenvalue weighted by atomic mass is 16.5. The highest BCUT2D eigenvalue weighted by molar-refractivity contribution is 5.81. The molecule has 1 aliphatic rings. The lowest BCUT2D eigenvalue weighted by Gasteiger charge is -2.19. The van der Waals surface area contributed by atoms with Gasteiger partial charge in [0.05, 0.1) is 0 Å². The van der Waals surface area contributed by atoms with Crippen LogP contribution in [-0.2, 0) is 9.53 Å². The molecule has 0 spiro atoms. The summed E-state index contributed by atoms with van der Waals surface area (Å²) in [4.78, 5) is 11.3. The predicted molar refractivity (Wildman–Crippen MR) is 108 cm³/mol. The summed E-state index contributed by atoms with van der Waals surface area (Å²) in [7, 11) is 0. The van der Waals surface area contributed by atoms with E-state index >= 15 is 0 Å². The van der Waals surface area contributed by atoms with Crippen molar-refractivity contribution in [1.29, 1.82) is 0 Å². The molecule has 1 fully saturated rings. The van der Waals surface area contributed by atoms with Crippen LogP contribution in [0.3, 0.4) is 0 Å². The van der Waals surface area contributed by atoms with Gasteiger partial charge in [-0.15, -0.1) is 0 Å². The van der Waals surface area contributed by atoms with Gasteiger partial charge in [0, 0.05) is 6.08 Å². The number of hydrogen-bond acceptors (Lipinski definition) is 2. The molecule has 2 atom stereocenters. The number of allylic oxidation sites excluding steroid dienone is 1. The van der Waals surface area contributed by atoms with Gasteiger partial charge in [0.25, 0.3) is 0 Å². The summed E-state index contributed by atoms with van der Waals surface area (Å²) in [6, 6.07) is 0. The minimum absolute atomic E-state index is 0.255. The van der Waals surface area contributed by atoms with E-state index in [0.29, 0.717) is 6.61 Å². The molecule has 0 amide bonds. The van der Waals surface area contributed by atoms with Crippen molar-refractivity contribution in [2.24, 2.45) is 11.8 Å². The summed E-state index contributed by atoms with van der Waals surface area (Å²) in [5.74, 6) is 1.71. The van der Waals surface area contributed by atoms with E-state index in [9.17, 15) is 4.79 Å². The molecule has 144 valence electrons. The van der Waals surface area contributed by atoms with Gasteiger partial charge in [-0.25, -0.2) is 4.79 Å². The molecular formula is C23H40O2. The molecule has 1 aliphatic carbocycles. The van der Waals surface area contributed by atoms with Gasteiger partial charge in [-0.05, 0) is 24.7 Å². The van der Waals surface area contributed by atoms with Gasteiger partial charge in [-0.2, -0.15) is 0 Å². The molecule has 0 aliphatic heterocycles. The molecule has 0 unspecified atom stereocenters. The molecule has 0 aromatic rings. The molecule has 0 bridgehead atoms. The van der Waals surface area contributed by atoms with Crippen LogP contribution in [0.15, 0.2) is 24.8 Å².